The van der Waals surface area contributed by atoms with Crippen molar-refractivity contribution in [2.75, 3.05) is 0 Å². The van der Waals surface area contributed by atoms with Gasteiger partial charge in [-0.3, -0.25) is 9.56 Å². The van der Waals surface area contributed by atoms with Crippen LogP contribution in [0, 0.1) is 20.8 Å². The number of aryl methyl sites for hydroxylation is 2. The highest BCUT2D eigenvalue weighted by Gasteiger charge is 2.19. The van der Waals surface area contributed by atoms with Crippen LogP contribution >= 0.6 is 0 Å². The van der Waals surface area contributed by atoms with E-state index in [-0.39, 0.29) is 0 Å². The number of imidazole rings is 1. The summed E-state index contributed by atoms with van der Waals surface area (Å²) in [5.41, 5.74) is 16.7. The number of benzene rings is 6. The van der Waals surface area contributed by atoms with Gasteiger partial charge in [-0.1, -0.05) is 86.1 Å². The number of hydrogen-bond donors (Lipinski definition) is 0. The summed E-state index contributed by atoms with van der Waals surface area (Å²) in [6.45, 7) is 10.8. The third-order valence-electron chi connectivity index (χ3n) is 10.5. The number of aromatic nitrogens is 4. The Hall–Kier alpha value is -6.46. The lowest BCUT2D eigenvalue weighted by Crippen LogP contribution is -2.04. The van der Waals surface area contributed by atoms with Crippen LogP contribution in [0.4, 0.5) is 5.69 Å². The zero-order valence-corrected chi connectivity index (χ0v) is 31.7. The molecule has 3 heterocycles. The molecule has 0 saturated heterocycles. The molecule has 0 amide bonds. The molecule has 0 aliphatic carbocycles. The highest BCUT2D eigenvalue weighted by atomic mass is 15.1. The Morgan fingerprint density at radius 1 is 0.593 bits per heavy atom. The zero-order valence-electron chi connectivity index (χ0n) is 31.7. The first-order valence-corrected chi connectivity index (χ1v) is 18.8. The molecule has 5 nitrogen and oxygen atoms in total. The molecule has 9 rings (SSSR count). The van der Waals surface area contributed by atoms with Gasteiger partial charge in [-0.25, -0.2) is 4.98 Å². The summed E-state index contributed by atoms with van der Waals surface area (Å²) in [6.07, 6.45) is 10.3. The van der Waals surface area contributed by atoms with Crippen molar-refractivity contribution in [2.24, 2.45) is 4.99 Å². The molecule has 266 valence electrons. The van der Waals surface area contributed by atoms with Gasteiger partial charge in [-0.05, 0) is 139 Å². The van der Waals surface area contributed by atoms with E-state index in [0.29, 0.717) is 0 Å². The molecule has 5 heteroatoms. The van der Waals surface area contributed by atoms with Gasteiger partial charge in [0.1, 0.15) is 6.33 Å². The Balaban J connectivity index is 0.000000361. The third kappa shape index (κ3) is 6.43. The van der Waals surface area contributed by atoms with E-state index in [1.807, 2.05) is 37.7 Å². The van der Waals surface area contributed by atoms with Crippen molar-refractivity contribution < 1.29 is 0 Å². The van der Waals surface area contributed by atoms with Gasteiger partial charge in [-0.2, -0.15) is 0 Å². The predicted molar refractivity (Wildman–Crippen MR) is 229 cm³/mol. The summed E-state index contributed by atoms with van der Waals surface area (Å²) >= 11 is 0. The fourth-order valence-electron chi connectivity index (χ4n) is 7.67. The van der Waals surface area contributed by atoms with E-state index in [9.17, 15) is 0 Å². The molecule has 6 aromatic carbocycles. The average molecular weight is 704 g/mol. The number of nitrogens with zero attached hydrogens (tertiary/aromatic N) is 5. The Kier molecular flexibility index (Phi) is 9.54. The van der Waals surface area contributed by atoms with Crippen molar-refractivity contribution in [3.05, 3.63) is 174 Å². The number of hydrogen-bond acceptors (Lipinski definition) is 2. The minimum Gasteiger partial charge on any atom is -0.316 e. The smallest absolute Gasteiger partial charge is 0.100 e. The third-order valence-corrected chi connectivity index (χ3v) is 10.5. The standard InChI is InChI=1S/C40H34N4.C9H11N/c1-4-11-29-22-33(27(2)39(23-29)44-26-41-35-14-7-10-17-38(35)44)34-24-32(42-20-18-30-12-5-8-15-36(30)42)25-40(28(34)3)43-21-19-31-13-6-9-16-37(31)43;1-3-10-9-7-5-4-6-8(9)2/h5-10,12-26H,4,11H2,1-3H3;3-7H,1-2H3. The molecule has 0 unspecified atom stereocenters. The molecule has 0 saturated carbocycles. The SMILES string of the molecule is CC=Nc1ccccc1C.CCCc1cc(-c2cc(-n3ccc4ccccc43)cc(-n3ccc4ccccc43)c2C)c(C)c(-n2cnc3ccccc32)c1. The average Bonchev–Trinajstić information content (AvgIpc) is 3.95. The maximum Gasteiger partial charge on any atom is 0.100 e. The first-order valence-electron chi connectivity index (χ1n) is 18.8. The second kappa shape index (κ2) is 14.9. The lowest BCUT2D eigenvalue weighted by Gasteiger charge is -2.21. The van der Waals surface area contributed by atoms with Gasteiger partial charge in [0, 0.05) is 24.3 Å². The van der Waals surface area contributed by atoms with E-state index in [4.69, 9.17) is 4.98 Å². The number of para-hydroxylation sites is 5. The molecule has 3 aromatic heterocycles. The summed E-state index contributed by atoms with van der Waals surface area (Å²) < 4.78 is 6.92. The van der Waals surface area contributed by atoms with E-state index >= 15 is 0 Å². The molecular weight excluding hydrogens is 659 g/mol. The second-order valence-electron chi connectivity index (χ2n) is 13.9. The second-order valence-corrected chi connectivity index (χ2v) is 13.9. The number of fused-ring (bicyclic) bond motifs is 3. The van der Waals surface area contributed by atoms with E-state index in [0.717, 1.165) is 35.2 Å². The van der Waals surface area contributed by atoms with Crippen molar-refractivity contribution in [3.63, 3.8) is 0 Å². The van der Waals surface area contributed by atoms with Gasteiger partial charge >= 0.3 is 0 Å². The first kappa shape index (κ1) is 34.6. The van der Waals surface area contributed by atoms with Gasteiger partial charge in [0.15, 0.2) is 0 Å². The van der Waals surface area contributed by atoms with Crippen LogP contribution in [0.1, 0.15) is 42.5 Å². The van der Waals surface area contributed by atoms with Gasteiger partial charge in [-0.15, -0.1) is 0 Å². The summed E-state index contributed by atoms with van der Waals surface area (Å²) in [6, 6.07) is 47.6. The van der Waals surface area contributed by atoms with E-state index < -0.39 is 0 Å². The molecule has 0 bridgehead atoms. The van der Waals surface area contributed by atoms with E-state index in [2.05, 4.69) is 174 Å². The maximum atomic E-state index is 4.74. The Morgan fingerprint density at radius 2 is 1.19 bits per heavy atom. The van der Waals surface area contributed by atoms with Crippen molar-refractivity contribution in [1.29, 1.82) is 0 Å². The van der Waals surface area contributed by atoms with Gasteiger partial charge in [0.25, 0.3) is 0 Å². The maximum absolute atomic E-state index is 4.74. The highest BCUT2D eigenvalue weighted by molar-refractivity contribution is 5.87. The van der Waals surface area contributed by atoms with E-state index in [1.54, 1.807) is 0 Å². The molecule has 0 radical (unpaired) electrons. The van der Waals surface area contributed by atoms with E-state index in [1.165, 1.54) is 66.6 Å². The molecule has 0 atom stereocenters. The molecule has 0 aliphatic rings. The first-order chi connectivity index (χ1) is 26.4. The van der Waals surface area contributed by atoms with Gasteiger partial charge in [0.05, 0.1) is 39.1 Å². The van der Waals surface area contributed by atoms with Gasteiger partial charge in [0.2, 0.25) is 0 Å². The van der Waals surface area contributed by atoms with Crippen LogP contribution in [-0.2, 0) is 6.42 Å². The van der Waals surface area contributed by atoms with Crippen LogP contribution < -0.4 is 0 Å². The summed E-state index contributed by atoms with van der Waals surface area (Å²) in [5, 5.41) is 2.47. The molecular formula is C49H45N5. The fraction of sp³-hybridized carbons (Fsp3) is 0.143. The van der Waals surface area contributed by atoms with Crippen molar-refractivity contribution in [3.8, 4) is 28.2 Å². The molecule has 54 heavy (non-hydrogen) atoms. The monoisotopic (exact) mass is 703 g/mol. The minimum absolute atomic E-state index is 1.01. The molecule has 0 N–H and O–H groups in total. The van der Waals surface area contributed by atoms with Crippen LogP contribution in [0.5, 0.6) is 0 Å². The normalized spacial score (nSPS) is 11.5. The van der Waals surface area contributed by atoms with Crippen LogP contribution in [-0.4, -0.2) is 24.9 Å². The van der Waals surface area contributed by atoms with Crippen LogP contribution in [0.3, 0.4) is 0 Å². The molecule has 0 fully saturated rings. The lowest BCUT2D eigenvalue weighted by atomic mass is 9.91. The van der Waals surface area contributed by atoms with Crippen LogP contribution in [0.2, 0.25) is 0 Å². The predicted octanol–water partition coefficient (Wildman–Crippen LogP) is 12.9. The molecule has 9 aromatic rings. The zero-order chi connectivity index (χ0) is 37.2. The van der Waals surface area contributed by atoms with Crippen LogP contribution in [0.25, 0.3) is 61.0 Å². The summed E-state index contributed by atoms with van der Waals surface area (Å²) in [7, 11) is 0. The van der Waals surface area contributed by atoms with Crippen molar-refractivity contribution in [2.45, 2.75) is 47.5 Å². The molecule has 0 spiro atoms. The Morgan fingerprint density at radius 3 is 1.89 bits per heavy atom. The molecule has 0 aliphatic heterocycles. The topological polar surface area (TPSA) is 40.0 Å². The largest absolute Gasteiger partial charge is 0.316 e. The van der Waals surface area contributed by atoms with Gasteiger partial charge < -0.3 is 9.13 Å². The highest BCUT2D eigenvalue weighted by Crippen LogP contribution is 2.38. The Labute approximate surface area is 317 Å². The minimum atomic E-state index is 1.01. The summed E-state index contributed by atoms with van der Waals surface area (Å²) in [5.74, 6) is 0. The van der Waals surface area contributed by atoms with Crippen molar-refractivity contribution in [1.82, 2.24) is 18.7 Å². The lowest BCUT2D eigenvalue weighted by molar-refractivity contribution is 0.916. The number of aliphatic imine (C=N–C) groups is 1. The van der Waals surface area contributed by atoms with Crippen LogP contribution in [0.15, 0.2) is 157 Å². The number of rotatable bonds is 7. The fourth-order valence-corrected chi connectivity index (χ4v) is 7.67. The van der Waals surface area contributed by atoms with Crippen molar-refractivity contribution >= 4 is 44.7 Å². The summed E-state index contributed by atoms with van der Waals surface area (Å²) in [4.78, 5) is 8.92. The Bertz CT molecular complexity index is 2790. The quantitative estimate of drug-likeness (QED) is 0.152.